The summed E-state index contributed by atoms with van der Waals surface area (Å²) in [6, 6.07) is 11.3. The summed E-state index contributed by atoms with van der Waals surface area (Å²) >= 11 is 0. The number of carbonyl (C=O) groups is 2. The molecule has 1 heterocycles. The number of benzene rings is 2. The zero-order chi connectivity index (χ0) is 18.2. The van der Waals surface area contributed by atoms with Crippen molar-refractivity contribution in [2.45, 2.75) is 27.2 Å². The maximum Gasteiger partial charge on any atom is 0.258 e. The van der Waals surface area contributed by atoms with Crippen molar-refractivity contribution >= 4 is 23.2 Å². The van der Waals surface area contributed by atoms with Gasteiger partial charge < -0.3 is 10.2 Å². The van der Waals surface area contributed by atoms with Gasteiger partial charge in [-0.25, -0.2) is 4.39 Å². The van der Waals surface area contributed by atoms with Gasteiger partial charge in [-0.3, -0.25) is 9.59 Å². The molecule has 0 saturated carbocycles. The lowest BCUT2D eigenvalue weighted by Crippen LogP contribution is -2.38. The SMILES string of the molecule is CC(C)(C)C(=O)N1CCc2cc(NC(=O)c3ccccc3F)ccc21. The number of hydrogen-bond acceptors (Lipinski definition) is 2. The number of anilines is 2. The summed E-state index contributed by atoms with van der Waals surface area (Å²) in [5, 5.41) is 2.72. The molecule has 1 aliphatic heterocycles. The fraction of sp³-hybridized carbons (Fsp3) is 0.300. The summed E-state index contributed by atoms with van der Waals surface area (Å²) in [4.78, 5) is 26.5. The Morgan fingerprint density at radius 1 is 1.12 bits per heavy atom. The van der Waals surface area contributed by atoms with Crippen LogP contribution in [0, 0.1) is 11.2 Å². The lowest BCUT2D eigenvalue weighted by Gasteiger charge is -2.26. The van der Waals surface area contributed by atoms with Crippen molar-refractivity contribution in [2.24, 2.45) is 5.41 Å². The third kappa shape index (κ3) is 3.40. The molecule has 0 radical (unpaired) electrons. The van der Waals surface area contributed by atoms with Gasteiger partial charge in [-0.1, -0.05) is 32.9 Å². The highest BCUT2D eigenvalue weighted by Crippen LogP contribution is 2.33. The number of nitrogens with zero attached hydrogens (tertiary/aromatic N) is 1. The lowest BCUT2D eigenvalue weighted by atomic mass is 9.94. The Labute approximate surface area is 146 Å². The minimum Gasteiger partial charge on any atom is -0.322 e. The molecule has 0 aromatic heterocycles. The molecule has 2 aromatic rings. The lowest BCUT2D eigenvalue weighted by molar-refractivity contribution is -0.125. The smallest absolute Gasteiger partial charge is 0.258 e. The molecule has 0 fully saturated rings. The first-order chi connectivity index (χ1) is 11.8. The van der Waals surface area contributed by atoms with Gasteiger partial charge >= 0.3 is 0 Å². The Morgan fingerprint density at radius 3 is 2.52 bits per heavy atom. The van der Waals surface area contributed by atoms with E-state index in [-0.39, 0.29) is 11.5 Å². The van der Waals surface area contributed by atoms with Gasteiger partial charge in [-0.05, 0) is 42.3 Å². The van der Waals surface area contributed by atoms with Crippen molar-refractivity contribution < 1.29 is 14.0 Å². The Kier molecular flexibility index (Phi) is 4.33. The molecule has 4 nitrogen and oxygen atoms in total. The molecule has 0 saturated heterocycles. The molecule has 130 valence electrons. The van der Waals surface area contributed by atoms with E-state index < -0.39 is 17.1 Å². The zero-order valence-electron chi connectivity index (χ0n) is 14.6. The Bertz CT molecular complexity index is 840. The van der Waals surface area contributed by atoms with Gasteiger partial charge in [0.15, 0.2) is 0 Å². The summed E-state index contributed by atoms with van der Waals surface area (Å²) in [7, 11) is 0. The van der Waals surface area contributed by atoms with Crippen LogP contribution in [0.15, 0.2) is 42.5 Å². The van der Waals surface area contributed by atoms with Crippen molar-refractivity contribution in [2.75, 3.05) is 16.8 Å². The highest BCUT2D eigenvalue weighted by Gasteiger charge is 2.32. The monoisotopic (exact) mass is 340 g/mol. The summed E-state index contributed by atoms with van der Waals surface area (Å²) in [6.07, 6.45) is 0.737. The molecule has 0 spiro atoms. The third-order valence-electron chi connectivity index (χ3n) is 4.24. The normalized spacial score (nSPS) is 13.5. The van der Waals surface area contributed by atoms with Crippen LogP contribution in [-0.2, 0) is 11.2 Å². The molecule has 0 bridgehead atoms. The average Bonchev–Trinajstić information content (AvgIpc) is 2.96. The van der Waals surface area contributed by atoms with Crippen molar-refractivity contribution in [1.82, 2.24) is 0 Å². The van der Waals surface area contributed by atoms with E-state index in [1.165, 1.54) is 12.1 Å². The molecule has 5 heteroatoms. The van der Waals surface area contributed by atoms with Crippen LogP contribution < -0.4 is 10.2 Å². The number of halogens is 1. The van der Waals surface area contributed by atoms with Crippen LogP contribution in [0.25, 0.3) is 0 Å². The van der Waals surface area contributed by atoms with Gasteiger partial charge in [0, 0.05) is 23.3 Å². The predicted octanol–water partition coefficient (Wildman–Crippen LogP) is 4.01. The second-order valence-electron chi connectivity index (χ2n) is 7.23. The van der Waals surface area contributed by atoms with Crippen LogP contribution >= 0.6 is 0 Å². The summed E-state index contributed by atoms with van der Waals surface area (Å²) in [5.74, 6) is -0.962. The molecule has 2 aromatic carbocycles. The van der Waals surface area contributed by atoms with Gasteiger partial charge in [0.1, 0.15) is 5.82 Å². The summed E-state index contributed by atoms with van der Waals surface area (Å²) in [6.45, 7) is 6.33. The first kappa shape index (κ1) is 17.1. The molecule has 0 atom stereocenters. The minimum atomic E-state index is -0.553. The van der Waals surface area contributed by atoms with Gasteiger partial charge in [-0.2, -0.15) is 0 Å². The van der Waals surface area contributed by atoms with Crippen molar-refractivity contribution in [3.8, 4) is 0 Å². The van der Waals surface area contributed by atoms with E-state index in [4.69, 9.17) is 0 Å². The molecular formula is C20H21FN2O2. The highest BCUT2D eigenvalue weighted by molar-refractivity contribution is 6.05. The maximum absolute atomic E-state index is 13.7. The van der Waals surface area contributed by atoms with E-state index in [1.54, 1.807) is 23.1 Å². The van der Waals surface area contributed by atoms with E-state index in [1.807, 2.05) is 32.9 Å². The number of fused-ring (bicyclic) bond motifs is 1. The number of rotatable bonds is 2. The molecular weight excluding hydrogens is 319 g/mol. The summed E-state index contributed by atoms with van der Waals surface area (Å²) in [5.41, 5.74) is 2.04. The second-order valence-corrected chi connectivity index (χ2v) is 7.23. The number of hydrogen-bond donors (Lipinski definition) is 1. The maximum atomic E-state index is 13.7. The van der Waals surface area contributed by atoms with Crippen molar-refractivity contribution in [1.29, 1.82) is 0 Å². The average molecular weight is 340 g/mol. The fourth-order valence-electron chi connectivity index (χ4n) is 2.94. The van der Waals surface area contributed by atoms with E-state index >= 15 is 0 Å². The zero-order valence-corrected chi connectivity index (χ0v) is 14.6. The molecule has 0 aliphatic carbocycles. The standard InChI is InChI=1S/C20H21FN2O2/c1-20(2,3)19(25)23-11-10-13-12-14(8-9-17(13)23)22-18(24)15-6-4-5-7-16(15)21/h4-9,12H,10-11H2,1-3H3,(H,22,24). The van der Waals surface area contributed by atoms with E-state index in [2.05, 4.69) is 5.32 Å². The molecule has 0 unspecified atom stereocenters. The van der Waals surface area contributed by atoms with Crippen LogP contribution in [0.5, 0.6) is 0 Å². The van der Waals surface area contributed by atoms with Crippen LogP contribution in [0.2, 0.25) is 0 Å². The van der Waals surface area contributed by atoms with Crippen molar-refractivity contribution in [3.05, 3.63) is 59.4 Å². The highest BCUT2D eigenvalue weighted by atomic mass is 19.1. The summed E-state index contributed by atoms with van der Waals surface area (Å²) < 4.78 is 13.7. The van der Waals surface area contributed by atoms with Crippen LogP contribution in [-0.4, -0.2) is 18.4 Å². The topological polar surface area (TPSA) is 49.4 Å². The largest absolute Gasteiger partial charge is 0.322 e. The first-order valence-electron chi connectivity index (χ1n) is 8.28. The number of nitrogens with one attached hydrogen (secondary N) is 1. The van der Waals surface area contributed by atoms with Gasteiger partial charge in [0.25, 0.3) is 5.91 Å². The molecule has 3 rings (SSSR count). The van der Waals surface area contributed by atoms with E-state index in [0.29, 0.717) is 12.2 Å². The van der Waals surface area contributed by atoms with Gasteiger partial charge in [0.05, 0.1) is 5.56 Å². The first-order valence-corrected chi connectivity index (χ1v) is 8.28. The quantitative estimate of drug-likeness (QED) is 0.898. The van der Waals surface area contributed by atoms with Crippen LogP contribution in [0.4, 0.5) is 15.8 Å². The van der Waals surface area contributed by atoms with E-state index in [9.17, 15) is 14.0 Å². The third-order valence-corrected chi connectivity index (χ3v) is 4.24. The number of amides is 2. The van der Waals surface area contributed by atoms with Crippen LogP contribution in [0.1, 0.15) is 36.7 Å². The van der Waals surface area contributed by atoms with E-state index in [0.717, 1.165) is 17.7 Å². The Hall–Kier alpha value is -2.69. The van der Waals surface area contributed by atoms with Gasteiger partial charge in [-0.15, -0.1) is 0 Å². The molecule has 2 amide bonds. The second kappa shape index (κ2) is 6.31. The number of carbonyl (C=O) groups excluding carboxylic acids is 2. The molecule has 25 heavy (non-hydrogen) atoms. The molecule has 1 N–H and O–H groups in total. The predicted molar refractivity (Wildman–Crippen MR) is 96.3 cm³/mol. The van der Waals surface area contributed by atoms with Crippen molar-refractivity contribution in [3.63, 3.8) is 0 Å². The fourth-order valence-corrected chi connectivity index (χ4v) is 2.94. The Morgan fingerprint density at radius 2 is 1.84 bits per heavy atom. The molecule has 1 aliphatic rings. The van der Waals surface area contributed by atoms with Gasteiger partial charge in [0.2, 0.25) is 5.91 Å². The van der Waals surface area contributed by atoms with Crippen LogP contribution in [0.3, 0.4) is 0 Å². The minimum absolute atomic E-state index is 0.00698. The Balaban J connectivity index is 1.80.